The third-order valence-corrected chi connectivity index (χ3v) is 2.08. The number of nitrogens with zero attached hydrogens (tertiary/aromatic N) is 3. The minimum absolute atomic E-state index is 0.330. The molecule has 5 heteroatoms. The molecule has 88 valence electrons. The zero-order valence-electron chi connectivity index (χ0n) is 10.5. The SMILES string of the molecule is CN(C)C(=NCC(C)(C)C(N)=O)N(C)C. The van der Waals surface area contributed by atoms with Gasteiger partial charge in [-0.05, 0) is 13.8 Å². The van der Waals surface area contributed by atoms with Gasteiger partial charge in [0.25, 0.3) is 0 Å². The van der Waals surface area contributed by atoms with Crippen LogP contribution >= 0.6 is 0 Å². The normalized spacial score (nSPS) is 10.8. The molecule has 15 heavy (non-hydrogen) atoms. The van der Waals surface area contributed by atoms with E-state index in [-0.39, 0.29) is 5.91 Å². The molecule has 0 atom stereocenters. The largest absolute Gasteiger partial charge is 0.369 e. The highest BCUT2D eigenvalue weighted by Crippen LogP contribution is 2.14. The molecule has 0 aliphatic rings. The van der Waals surface area contributed by atoms with Gasteiger partial charge in [0.15, 0.2) is 5.96 Å². The van der Waals surface area contributed by atoms with Gasteiger partial charge in [-0.2, -0.15) is 0 Å². The molecule has 0 saturated heterocycles. The van der Waals surface area contributed by atoms with Gasteiger partial charge in [-0.3, -0.25) is 9.79 Å². The van der Waals surface area contributed by atoms with Crippen LogP contribution in [0.25, 0.3) is 0 Å². The van der Waals surface area contributed by atoms with E-state index in [0.717, 1.165) is 5.96 Å². The first-order chi connectivity index (χ1) is 6.68. The first-order valence-electron chi connectivity index (χ1n) is 4.87. The number of rotatable bonds is 3. The third-order valence-electron chi connectivity index (χ3n) is 2.08. The lowest BCUT2D eigenvalue weighted by Crippen LogP contribution is -2.39. The lowest BCUT2D eigenvalue weighted by molar-refractivity contribution is -0.125. The molecule has 0 aromatic rings. The minimum atomic E-state index is -0.600. The number of guanidine groups is 1. The van der Waals surface area contributed by atoms with Crippen molar-refractivity contribution in [3.05, 3.63) is 0 Å². The molecular formula is C10H22N4O. The molecule has 0 aliphatic carbocycles. The summed E-state index contributed by atoms with van der Waals surface area (Å²) in [7, 11) is 7.65. The third kappa shape index (κ3) is 4.18. The van der Waals surface area contributed by atoms with Crippen molar-refractivity contribution in [2.24, 2.45) is 16.1 Å². The van der Waals surface area contributed by atoms with Crippen LogP contribution in [-0.4, -0.2) is 56.4 Å². The molecule has 0 aliphatic heterocycles. The zero-order chi connectivity index (χ0) is 12.2. The highest BCUT2D eigenvalue weighted by Gasteiger charge is 2.24. The fraction of sp³-hybridized carbons (Fsp3) is 0.800. The highest BCUT2D eigenvalue weighted by molar-refractivity contribution is 5.82. The van der Waals surface area contributed by atoms with Crippen LogP contribution in [0.3, 0.4) is 0 Å². The maximum absolute atomic E-state index is 11.1. The molecule has 0 aromatic heterocycles. The van der Waals surface area contributed by atoms with Crippen molar-refractivity contribution in [1.29, 1.82) is 0 Å². The van der Waals surface area contributed by atoms with Crippen LogP contribution < -0.4 is 5.73 Å². The Morgan fingerprint density at radius 2 is 1.60 bits per heavy atom. The molecule has 0 radical (unpaired) electrons. The topological polar surface area (TPSA) is 61.9 Å². The standard InChI is InChI=1S/C10H22N4O/c1-10(2,8(11)15)7-12-9(13(3)4)14(5)6/h7H2,1-6H3,(H2,11,15). The van der Waals surface area contributed by atoms with Gasteiger partial charge < -0.3 is 15.5 Å². The predicted molar refractivity (Wildman–Crippen MR) is 62.7 cm³/mol. The van der Waals surface area contributed by atoms with Crippen LogP contribution in [-0.2, 0) is 4.79 Å². The monoisotopic (exact) mass is 214 g/mol. The van der Waals surface area contributed by atoms with Crippen molar-refractivity contribution in [3.8, 4) is 0 Å². The Morgan fingerprint density at radius 3 is 1.87 bits per heavy atom. The average molecular weight is 214 g/mol. The van der Waals surface area contributed by atoms with E-state index < -0.39 is 5.41 Å². The molecule has 1 amide bonds. The number of carbonyl (C=O) groups excluding carboxylic acids is 1. The summed E-state index contributed by atoms with van der Waals surface area (Å²) < 4.78 is 0. The van der Waals surface area contributed by atoms with Gasteiger partial charge in [0.2, 0.25) is 5.91 Å². The lowest BCUT2D eigenvalue weighted by Gasteiger charge is -2.25. The first kappa shape index (κ1) is 13.7. The lowest BCUT2D eigenvalue weighted by atomic mass is 9.93. The second-order valence-corrected chi connectivity index (χ2v) is 4.65. The number of amides is 1. The summed E-state index contributed by atoms with van der Waals surface area (Å²) in [5.74, 6) is 0.493. The summed E-state index contributed by atoms with van der Waals surface area (Å²) in [5, 5.41) is 0. The van der Waals surface area contributed by atoms with Gasteiger partial charge in [-0.1, -0.05) is 0 Å². The van der Waals surface area contributed by atoms with E-state index in [1.54, 1.807) is 13.8 Å². The van der Waals surface area contributed by atoms with Gasteiger partial charge in [-0.15, -0.1) is 0 Å². The minimum Gasteiger partial charge on any atom is -0.369 e. The maximum atomic E-state index is 11.1. The molecule has 0 heterocycles. The number of hydrogen-bond acceptors (Lipinski definition) is 2. The summed E-state index contributed by atoms with van der Waals surface area (Å²) in [6.45, 7) is 3.98. The Kier molecular flexibility index (Phi) is 4.58. The first-order valence-corrected chi connectivity index (χ1v) is 4.87. The molecule has 0 bridgehead atoms. The van der Waals surface area contributed by atoms with E-state index in [1.165, 1.54) is 0 Å². The van der Waals surface area contributed by atoms with Crippen molar-refractivity contribution in [1.82, 2.24) is 9.80 Å². The van der Waals surface area contributed by atoms with Gasteiger partial charge >= 0.3 is 0 Å². The van der Waals surface area contributed by atoms with Gasteiger partial charge in [0.1, 0.15) is 0 Å². The van der Waals surface area contributed by atoms with E-state index in [2.05, 4.69) is 4.99 Å². The van der Waals surface area contributed by atoms with Crippen molar-refractivity contribution in [3.63, 3.8) is 0 Å². The Hall–Kier alpha value is -1.26. The van der Waals surface area contributed by atoms with E-state index in [9.17, 15) is 4.79 Å². The van der Waals surface area contributed by atoms with E-state index in [4.69, 9.17) is 5.73 Å². The number of aliphatic imine (C=N–C) groups is 1. The number of primary amides is 1. The van der Waals surface area contributed by atoms with Gasteiger partial charge in [0, 0.05) is 28.2 Å². The second kappa shape index (κ2) is 5.00. The molecule has 0 unspecified atom stereocenters. The van der Waals surface area contributed by atoms with Crippen molar-refractivity contribution < 1.29 is 4.79 Å². The highest BCUT2D eigenvalue weighted by atomic mass is 16.1. The van der Waals surface area contributed by atoms with Crippen molar-refractivity contribution >= 4 is 11.9 Å². The fourth-order valence-electron chi connectivity index (χ4n) is 1.03. The Bertz CT molecular complexity index is 246. The zero-order valence-corrected chi connectivity index (χ0v) is 10.5. The number of hydrogen-bond donors (Lipinski definition) is 1. The summed E-state index contributed by atoms with van der Waals surface area (Å²) in [4.78, 5) is 19.3. The summed E-state index contributed by atoms with van der Waals surface area (Å²) >= 11 is 0. The fourth-order valence-corrected chi connectivity index (χ4v) is 1.03. The molecule has 0 aromatic carbocycles. The predicted octanol–water partition coefficient (Wildman–Crippen LogP) is -0.0229. The summed E-state index contributed by atoms with van der Waals surface area (Å²) in [6, 6.07) is 0. The quantitative estimate of drug-likeness (QED) is 0.530. The Balaban J connectivity index is 4.67. The second-order valence-electron chi connectivity index (χ2n) is 4.65. The molecule has 0 spiro atoms. The molecule has 5 nitrogen and oxygen atoms in total. The van der Waals surface area contributed by atoms with Crippen LogP contribution in [0.2, 0.25) is 0 Å². The molecular weight excluding hydrogens is 192 g/mol. The van der Waals surface area contributed by atoms with Crippen LogP contribution in [0, 0.1) is 5.41 Å². The molecule has 0 saturated carbocycles. The van der Waals surface area contributed by atoms with E-state index in [0.29, 0.717) is 6.54 Å². The van der Waals surface area contributed by atoms with Crippen molar-refractivity contribution in [2.75, 3.05) is 34.7 Å². The molecule has 0 rings (SSSR count). The van der Waals surface area contributed by atoms with Crippen molar-refractivity contribution in [2.45, 2.75) is 13.8 Å². The molecule has 2 N–H and O–H groups in total. The van der Waals surface area contributed by atoms with Gasteiger partial charge in [0.05, 0.1) is 12.0 Å². The van der Waals surface area contributed by atoms with Crippen LogP contribution in [0.4, 0.5) is 0 Å². The van der Waals surface area contributed by atoms with Crippen LogP contribution in [0.1, 0.15) is 13.8 Å². The molecule has 0 fully saturated rings. The summed E-state index contributed by atoms with van der Waals surface area (Å²) in [6.07, 6.45) is 0. The van der Waals surface area contributed by atoms with Gasteiger partial charge in [-0.25, -0.2) is 0 Å². The van der Waals surface area contributed by atoms with E-state index >= 15 is 0 Å². The Labute approximate surface area is 91.9 Å². The Morgan fingerprint density at radius 1 is 1.20 bits per heavy atom. The smallest absolute Gasteiger partial charge is 0.224 e. The average Bonchev–Trinajstić information content (AvgIpc) is 2.02. The van der Waals surface area contributed by atoms with Crippen LogP contribution in [0.15, 0.2) is 4.99 Å². The summed E-state index contributed by atoms with van der Waals surface area (Å²) in [5.41, 5.74) is 4.67. The number of carbonyl (C=O) groups is 1. The number of nitrogens with two attached hydrogens (primary N) is 1. The van der Waals surface area contributed by atoms with Crippen LogP contribution in [0.5, 0.6) is 0 Å². The maximum Gasteiger partial charge on any atom is 0.224 e. The van der Waals surface area contributed by atoms with E-state index in [1.807, 2.05) is 38.0 Å².